The lowest BCUT2D eigenvalue weighted by Crippen LogP contribution is -2.41. The van der Waals surface area contributed by atoms with Crippen LogP contribution in [0.15, 0.2) is 47.4 Å². The Kier molecular flexibility index (Phi) is 5.17. The van der Waals surface area contributed by atoms with E-state index in [9.17, 15) is 22.8 Å². The van der Waals surface area contributed by atoms with Crippen LogP contribution in [-0.2, 0) is 14.8 Å². The third-order valence-electron chi connectivity index (χ3n) is 5.50. The van der Waals surface area contributed by atoms with Crippen molar-refractivity contribution in [2.24, 2.45) is 5.92 Å². The van der Waals surface area contributed by atoms with Crippen LogP contribution in [-0.4, -0.2) is 43.5 Å². The third kappa shape index (κ3) is 3.61. The summed E-state index contributed by atoms with van der Waals surface area (Å²) in [5, 5.41) is 4.95. The first-order valence-corrected chi connectivity index (χ1v) is 11.1. The molecule has 0 atom stereocenters. The van der Waals surface area contributed by atoms with Crippen molar-refractivity contribution < 1.29 is 22.8 Å². The third-order valence-corrected chi connectivity index (χ3v) is 7.42. The summed E-state index contributed by atoms with van der Waals surface area (Å²) < 4.78 is 27.0. The van der Waals surface area contributed by atoms with E-state index >= 15 is 0 Å². The van der Waals surface area contributed by atoms with Gasteiger partial charge in [-0.1, -0.05) is 23.8 Å². The number of rotatable bonds is 4. The zero-order chi connectivity index (χ0) is 21.5. The van der Waals surface area contributed by atoms with Crippen LogP contribution >= 0.6 is 0 Å². The molecule has 0 saturated carbocycles. The normalized spacial score (nSPS) is 17.5. The van der Waals surface area contributed by atoms with E-state index in [-0.39, 0.29) is 46.6 Å². The molecule has 0 radical (unpaired) electrons. The van der Waals surface area contributed by atoms with E-state index in [1.165, 1.54) is 10.4 Å². The fourth-order valence-electron chi connectivity index (χ4n) is 3.78. The van der Waals surface area contributed by atoms with Crippen molar-refractivity contribution in [1.29, 1.82) is 0 Å². The van der Waals surface area contributed by atoms with E-state index in [4.69, 9.17) is 0 Å². The number of imide groups is 1. The van der Waals surface area contributed by atoms with E-state index < -0.39 is 21.8 Å². The Bertz CT molecular complexity index is 1130. The SMILES string of the molecule is Cc1ccc(S(=O)(=O)N2CCC(C(=O)Nc3cccc4c3C(=O)NC4=O)CC2)cc1. The minimum Gasteiger partial charge on any atom is -0.325 e. The van der Waals surface area contributed by atoms with Gasteiger partial charge in [0.05, 0.1) is 21.7 Å². The number of fused-ring (bicyclic) bond motifs is 1. The molecular formula is C21H21N3O5S. The zero-order valence-electron chi connectivity index (χ0n) is 16.3. The van der Waals surface area contributed by atoms with Gasteiger partial charge in [-0.3, -0.25) is 19.7 Å². The van der Waals surface area contributed by atoms with Crippen LogP contribution in [0.1, 0.15) is 39.1 Å². The quantitative estimate of drug-likeness (QED) is 0.724. The summed E-state index contributed by atoms with van der Waals surface area (Å²) in [5.41, 5.74) is 1.66. The van der Waals surface area contributed by atoms with Crippen LogP contribution < -0.4 is 10.6 Å². The monoisotopic (exact) mass is 427 g/mol. The number of aryl methyl sites for hydroxylation is 1. The summed E-state index contributed by atoms with van der Waals surface area (Å²) in [4.78, 5) is 36.7. The Labute approximate surface area is 174 Å². The molecule has 0 unspecified atom stereocenters. The van der Waals surface area contributed by atoms with Gasteiger partial charge in [-0.15, -0.1) is 0 Å². The lowest BCUT2D eigenvalue weighted by Gasteiger charge is -2.30. The van der Waals surface area contributed by atoms with Gasteiger partial charge in [0.2, 0.25) is 15.9 Å². The van der Waals surface area contributed by atoms with E-state index in [0.717, 1.165) is 5.56 Å². The van der Waals surface area contributed by atoms with Gasteiger partial charge in [-0.05, 0) is 44.0 Å². The van der Waals surface area contributed by atoms with Crippen molar-refractivity contribution >= 4 is 33.4 Å². The number of benzene rings is 2. The molecule has 2 aromatic rings. The minimum atomic E-state index is -3.60. The van der Waals surface area contributed by atoms with Crippen molar-refractivity contribution in [3.63, 3.8) is 0 Å². The first kappa shape index (κ1) is 20.2. The molecule has 0 spiro atoms. The van der Waals surface area contributed by atoms with Crippen LogP contribution in [0.2, 0.25) is 0 Å². The summed E-state index contributed by atoms with van der Waals surface area (Å²) in [6.07, 6.45) is 0.744. The number of anilines is 1. The number of amides is 3. The van der Waals surface area contributed by atoms with Gasteiger partial charge >= 0.3 is 0 Å². The number of hydrogen-bond donors (Lipinski definition) is 2. The van der Waals surface area contributed by atoms with Gasteiger partial charge in [0.25, 0.3) is 11.8 Å². The molecule has 2 aliphatic heterocycles. The molecule has 2 aliphatic rings. The Morgan fingerprint density at radius 2 is 1.70 bits per heavy atom. The molecule has 2 heterocycles. The Morgan fingerprint density at radius 1 is 1.03 bits per heavy atom. The van der Waals surface area contributed by atoms with Crippen molar-refractivity contribution in [3.05, 3.63) is 59.2 Å². The van der Waals surface area contributed by atoms with Gasteiger partial charge in [0, 0.05) is 19.0 Å². The highest BCUT2D eigenvalue weighted by Crippen LogP contribution is 2.28. The fourth-order valence-corrected chi connectivity index (χ4v) is 5.25. The number of carbonyl (C=O) groups excluding carboxylic acids is 3. The Morgan fingerprint density at radius 3 is 2.37 bits per heavy atom. The molecule has 3 amide bonds. The number of hydrogen-bond acceptors (Lipinski definition) is 5. The second-order valence-electron chi connectivity index (χ2n) is 7.49. The smallest absolute Gasteiger partial charge is 0.261 e. The van der Waals surface area contributed by atoms with Crippen molar-refractivity contribution in [1.82, 2.24) is 9.62 Å². The van der Waals surface area contributed by atoms with Crippen molar-refractivity contribution in [2.45, 2.75) is 24.7 Å². The molecule has 156 valence electrons. The summed E-state index contributed by atoms with van der Waals surface area (Å²) in [6.45, 7) is 2.36. The second-order valence-corrected chi connectivity index (χ2v) is 9.43. The van der Waals surface area contributed by atoms with Crippen LogP contribution in [0.5, 0.6) is 0 Å². The first-order valence-electron chi connectivity index (χ1n) is 9.64. The Hall–Kier alpha value is -3.04. The highest BCUT2D eigenvalue weighted by Gasteiger charge is 2.34. The maximum absolute atomic E-state index is 12.8. The van der Waals surface area contributed by atoms with Gasteiger partial charge in [0.1, 0.15) is 0 Å². The van der Waals surface area contributed by atoms with E-state index in [0.29, 0.717) is 12.8 Å². The van der Waals surface area contributed by atoms with E-state index in [1.54, 1.807) is 36.4 Å². The number of sulfonamides is 1. The molecule has 1 fully saturated rings. The lowest BCUT2D eigenvalue weighted by molar-refractivity contribution is -0.120. The minimum absolute atomic E-state index is 0.162. The highest BCUT2D eigenvalue weighted by molar-refractivity contribution is 7.89. The largest absolute Gasteiger partial charge is 0.325 e. The molecule has 0 bridgehead atoms. The molecule has 8 nitrogen and oxygen atoms in total. The topological polar surface area (TPSA) is 113 Å². The Balaban J connectivity index is 1.43. The zero-order valence-corrected chi connectivity index (χ0v) is 17.2. The van der Waals surface area contributed by atoms with Crippen LogP contribution in [0.4, 0.5) is 5.69 Å². The fraction of sp³-hybridized carbons (Fsp3) is 0.286. The van der Waals surface area contributed by atoms with Crippen LogP contribution in [0.25, 0.3) is 0 Å². The molecule has 2 aromatic carbocycles. The number of carbonyl (C=O) groups is 3. The molecule has 30 heavy (non-hydrogen) atoms. The summed E-state index contributed by atoms with van der Waals surface area (Å²) in [7, 11) is -3.60. The van der Waals surface area contributed by atoms with Gasteiger partial charge in [-0.2, -0.15) is 4.31 Å². The molecule has 0 aromatic heterocycles. The first-order chi connectivity index (χ1) is 14.3. The van der Waals surface area contributed by atoms with Crippen molar-refractivity contribution in [3.8, 4) is 0 Å². The molecule has 0 aliphatic carbocycles. The average molecular weight is 427 g/mol. The average Bonchev–Trinajstić information content (AvgIpc) is 3.03. The van der Waals surface area contributed by atoms with Gasteiger partial charge in [0.15, 0.2) is 0 Å². The molecule has 1 saturated heterocycles. The number of piperidine rings is 1. The second kappa shape index (κ2) is 7.66. The van der Waals surface area contributed by atoms with Crippen LogP contribution in [0, 0.1) is 12.8 Å². The van der Waals surface area contributed by atoms with Gasteiger partial charge in [-0.25, -0.2) is 8.42 Å². The van der Waals surface area contributed by atoms with Crippen molar-refractivity contribution in [2.75, 3.05) is 18.4 Å². The maximum atomic E-state index is 12.8. The molecule has 4 rings (SSSR count). The summed E-state index contributed by atoms with van der Waals surface area (Å²) >= 11 is 0. The summed E-state index contributed by atoms with van der Waals surface area (Å²) in [6, 6.07) is 11.4. The molecule has 9 heteroatoms. The van der Waals surface area contributed by atoms with Gasteiger partial charge < -0.3 is 5.32 Å². The predicted octanol–water partition coefficient (Wildman–Crippen LogP) is 1.92. The number of nitrogens with zero attached hydrogens (tertiary/aromatic N) is 1. The predicted molar refractivity (Wildman–Crippen MR) is 110 cm³/mol. The standard InChI is InChI=1S/C21H21N3O5S/c1-13-5-7-15(8-6-13)30(28,29)24-11-9-14(10-12-24)19(25)22-17-4-2-3-16-18(17)21(27)23-20(16)26/h2-8,14H,9-12H2,1H3,(H,22,25)(H,23,26,27). The molecule has 2 N–H and O–H groups in total. The highest BCUT2D eigenvalue weighted by atomic mass is 32.2. The van der Waals surface area contributed by atoms with E-state index in [1.807, 2.05) is 6.92 Å². The molecular weight excluding hydrogens is 406 g/mol. The lowest BCUT2D eigenvalue weighted by atomic mass is 9.96. The summed E-state index contributed by atoms with van der Waals surface area (Å²) in [5.74, 6) is -1.70. The van der Waals surface area contributed by atoms with E-state index in [2.05, 4.69) is 10.6 Å². The number of nitrogens with one attached hydrogen (secondary N) is 2. The van der Waals surface area contributed by atoms with Crippen LogP contribution in [0.3, 0.4) is 0 Å². The maximum Gasteiger partial charge on any atom is 0.261 e.